The van der Waals surface area contributed by atoms with Gasteiger partial charge in [-0.05, 0) is 48.6 Å². The second-order valence-corrected chi connectivity index (χ2v) is 5.07. The Morgan fingerprint density at radius 1 is 1.16 bits per heavy atom. The van der Waals surface area contributed by atoms with Crippen molar-refractivity contribution in [3.05, 3.63) is 41.1 Å². The quantitative estimate of drug-likeness (QED) is 0.853. The van der Waals surface area contributed by atoms with Crippen molar-refractivity contribution in [1.82, 2.24) is 10.2 Å². The van der Waals surface area contributed by atoms with E-state index in [9.17, 15) is 0 Å². The van der Waals surface area contributed by atoms with Gasteiger partial charge in [0.05, 0.1) is 6.20 Å². The van der Waals surface area contributed by atoms with Crippen LogP contribution in [0.15, 0.2) is 24.4 Å². The second kappa shape index (κ2) is 5.26. The van der Waals surface area contributed by atoms with Crippen LogP contribution in [-0.2, 0) is 0 Å². The fourth-order valence-corrected chi connectivity index (χ4v) is 1.86. The van der Waals surface area contributed by atoms with Crippen LogP contribution in [0.4, 0.5) is 5.69 Å². The molecule has 2 aromatic rings. The maximum Gasteiger partial charge on any atom is 0.239 e. The Morgan fingerprint density at radius 2 is 1.89 bits per heavy atom. The fourth-order valence-electron chi connectivity index (χ4n) is 1.86. The molecule has 2 N–H and O–H groups in total. The van der Waals surface area contributed by atoms with Crippen molar-refractivity contribution in [1.29, 1.82) is 0 Å². The van der Waals surface area contributed by atoms with Gasteiger partial charge >= 0.3 is 0 Å². The van der Waals surface area contributed by atoms with Crippen molar-refractivity contribution >= 4 is 5.69 Å². The lowest BCUT2D eigenvalue weighted by Gasteiger charge is -2.15. The molecular formula is C15H19N3O. The molecule has 0 saturated heterocycles. The zero-order valence-corrected chi connectivity index (χ0v) is 11.8. The summed E-state index contributed by atoms with van der Waals surface area (Å²) < 4.78 is 5.86. The molecule has 2 rings (SSSR count). The van der Waals surface area contributed by atoms with E-state index in [1.54, 1.807) is 6.20 Å². The molecule has 1 aromatic heterocycles. The molecule has 0 aliphatic carbocycles. The third-order valence-electron chi connectivity index (χ3n) is 3.00. The van der Waals surface area contributed by atoms with Crippen LogP contribution in [-0.4, -0.2) is 10.2 Å². The number of nitrogens with two attached hydrogens (primary N) is 1. The van der Waals surface area contributed by atoms with Crippen LogP contribution in [0.2, 0.25) is 0 Å². The zero-order valence-electron chi connectivity index (χ0n) is 11.8. The summed E-state index contributed by atoms with van der Waals surface area (Å²) >= 11 is 0. The number of anilines is 1. The minimum atomic E-state index is 0.329. The summed E-state index contributed by atoms with van der Waals surface area (Å²) in [6, 6.07) is 5.79. The van der Waals surface area contributed by atoms with Gasteiger partial charge in [-0.1, -0.05) is 13.8 Å². The summed E-state index contributed by atoms with van der Waals surface area (Å²) in [6.07, 6.45) is 1.70. The van der Waals surface area contributed by atoms with Crippen LogP contribution in [0, 0.1) is 13.8 Å². The first-order valence-electron chi connectivity index (χ1n) is 6.34. The summed E-state index contributed by atoms with van der Waals surface area (Å²) in [5, 5.41) is 7.88. The molecule has 19 heavy (non-hydrogen) atoms. The highest BCUT2D eigenvalue weighted by molar-refractivity contribution is 5.55. The Hall–Kier alpha value is -2.10. The van der Waals surface area contributed by atoms with Gasteiger partial charge in [0.2, 0.25) is 5.88 Å². The van der Waals surface area contributed by atoms with E-state index in [4.69, 9.17) is 10.5 Å². The van der Waals surface area contributed by atoms with Crippen molar-refractivity contribution in [2.24, 2.45) is 0 Å². The smallest absolute Gasteiger partial charge is 0.239 e. The monoisotopic (exact) mass is 257 g/mol. The third-order valence-corrected chi connectivity index (χ3v) is 3.00. The molecule has 0 unspecified atom stereocenters. The molecule has 0 aliphatic heterocycles. The van der Waals surface area contributed by atoms with Gasteiger partial charge in [-0.15, -0.1) is 5.10 Å². The minimum absolute atomic E-state index is 0.329. The van der Waals surface area contributed by atoms with E-state index in [0.717, 1.165) is 28.1 Å². The number of benzene rings is 1. The van der Waals surface area contributed by atoms with E-state index in [-0.39, 0.29) is 0 Å². The number of aryl methyl sites for hydroxylation is 2. The standard InChI is InChI=1S/C15H19N3O/c1-9(2)12-7-13(16)11(4)6-14(12)19-15-5-10(3)8-17-18-15/h5-9H,16H2,1-4H3. The molecular weight excluding hydrogens is 238 g/mol. The Balaban J connectivity index is 2.41. The number of ether oxygens (including phenoxy) is 1. The Labute approximate surface area is 113 Å². The minimum Gasteiger partial charge on any atom is -0.437 e. The SMILES string of the molecule is Cc1cnnc(Oc2cc(C)c(N)cc2C(C)C)c1. The molecule has 0 saturated carbocycles. The number of hydrogen-bond donors (Lipinski definition) is 1. The number of nitrogens with zero attached hydrogens (tertiary/aromatic N) is 2. The molecule has 0 amide bonds. The zero-order chi connectivity index (χ0) is 14.0. The normalized spacial score (nSPS) is 10.8. The highest BCUT2D eigenvalue weighted by atomic mass is 16.5. The van der Waals surface area contributed by atoms with E-state index in [2.05, 4.69) is 24.0 Å². The van der Waals surface area contributed by atoms with Crippen LogP contribution in [0.1, 0.15) is 36.5 Å². The molecule has 4 heteroatoms. The van der Waals surface area contributed by atoms with Crippen molar-refractivity contribution in [2.45, 2.75) is 33.6 Å². The van der Waals surface area contributed by atoms with E-state index >= 15 is 0 Å². The average molecular weight is 257 g/mol. The van der Waals surface area contributed by atoms with Gasteiger partial charge in [0, 0.05) is 11.8 Å². The van der Waals surface area contributed by atoms with Gasteiger partial charge in [-0.2, -0.15) is 5.10 Å². The molecule has 0 spiro atoms. The van der Waals surface area contributed by atoms with E-state index < -0.39 is 0 Å². The summed E-state index contributed by atoms with van der Waals surface area (Å²) in [5.74, 6) is 1.63. The fraction of sp³-hybridized carbons (Fsp3) is 0.333. The van der Waals surface area contributed by atoms with E-state index in [1.807, 2.05) is 32.0 Å². The molecule has 0 atom stereocenters. The highest BCUT2D eigenvalue weighted by Gasteiger charge is 2.12. The molecule has 1 aromatic carbocycles. The molecule has 0 fully saturated rings. The first kappa shape index (κ1) is 13.3. The molecule has 0 bridgehead atoms. The third kappa shape index (κ3) is 3.02. The molecule has 0 aliphatic rings. The van der Waals surface area contributed by atoms with Gasteiger partial charge in [-0.25, -0.2) is 0 Å². The lowest BCUT2D eigenvalue weighted by atomic mass is 9.99. The predicted octanol–water partition coefficient (Wildman–Crippen LogP) is 3.59. The van der Waals surface area contributed by atoms with Crippen molar-refractivity contribution < 1.29 is 4.74 Å². The first-order valence-corrected chi connectivity index (χ1v) is 6.34. The number of aromatic nitrogens is 2. The van der Waals surface area contributed by atoms with E-state index in [0.29, 0.717) is 11.8 Å². The van der Waals surface area contributed by atoms with Gasteiger partial charge in [-0.3, -0.25) is 0 Å². The van der Waals surface area contributed by atoms with Crippen molar-refractivity contribution in [3.63, 3.8) is 0 Å². The largest absolute Gasteiger partial charge is 0.437 e. The number of nitrogen functional groups attached to an aromatic ring is 1. The van der Waals surface area contributed by atoms with Crippen LogP contribution in [0.3, 0.4) is 0 Å². The van der Waals surface area contributed by atoms with Crippen molar-refractivity contribution in [3.8, 4) is 11.6 Å². The molecule has 1 heterocycles. The maximum atomic E-state index is 5.96. The summed E-state index contributed by atoms with van der Waals surface area (Å²) in [7, 11) is 0. The highest BCUT2D eigenvalue weighted by Crippen LogP contribution is 2.33. The number of rotatable bonds is 3. The summed E-state index contributed by atoms with van der Waals surface area (Å²) in [4.78, 5) is 0. The van der Waals surface area contributed by atoms with Crippen molar-refractivity contribution in [2.75, 3.05) is 5.73 Å². The predicted molar refractivity (Wildman–Crippen MR) is 76.5 cm³/mol. The first-order chi connectivity index (χ1) is 8.97. The second-order valence-electron chi connectivity index (χ2n) is 5.07. The average Bonchev–Trinajstić information content (AvgIpc) is 2.33. The van der Waals surface area contributed by atoms with Gasteiger partial charge < -0.3 is 10.5 Å². The van der Waals surface area contributed by atoms with Crippen LogP contribution < -0.4 is 10.5 Å². The Morgan fingerprint density at radius 3 is 2.53 bits per heavy atom. The van der Waals surface area contributed by atoms with Crippen LogP contribution >= 0.6 is 0 Å². The van der Waals surface area contributed by atoms with Crippen LogP contribution in [0.25, 0.3) is 0 Å². The topological polar surface area (TPSA) is 61.0 Å². The summed E-state index contributed by atoms with van der Waals surface area (Å²) in [5.41, 5.74) is 9.84. The Bertz CT molecular complexity index is 594. The maximum absolute atomic E-state index is 5.96. The molecule has 0 radical (unpaired) electrons. The van der Waals surface area contributed by atoms with Gasteiger partial charge in [0.15, 0.2) is 0 Å². The summed E-state index contributed by atoms with van der Waals surface area (Å²) in [6.45, 7) is 8.14. The molecule has 100 valence electrons. The van der Waals surface area contributed by atoms with Gasteiger partial charge in [0.25, 0.3) is 0 Å². The van der Waals surface area contributed by atoms with Crippen LogP contribution in [0.5, 0.6) is 11.6 Å². The van der Waals surface area contributed by atoms with Gasteiger partial charge in [0.1, 0.15) is 5.75 Å². The molecule has 4 nitrogen and oxygen atoms in total. The Kier molecular flexibility index (Phi) is 3.69. The lowest BCUT2D eigenvalue weighted by molar-refractivity contribution is 0.446. The number of hydrogen-bond acceptors (Lipinski definition) is 4. The van der Waals surface area contributed by atoms with E-state index in [1.165, 1.54) is 0 Å². The lowest BCUT2D eigenvalue weighted by Crippen LogP contribution is -2.00.